The number of anilines is 1. The molecule has 2 heterocycles. The molecule has 0 amide bonds. The van der Waals surface area contributed by atoms with Crippen LogP contribution < -0.4 is 4.90 Å². The highest BCUT2D eigenvalue weighted by Gasteiger charge is 2.31. The molecule has 0 bridgehead atoms. The smallest absolute Gasteiger partial charge is 0.289 e. The van der Waals surface area contributed by atoms with Gasteiger partial charge in [0.1, 0.15) is 5.02 Å². The zero-order valence-electron chi connectivity index (χ0n) is 19.1. The van der Waals surface area contributed by atoms with E-state index in [1.165, 1.54) is 38.7 Å². The van der Waals surface area contributed by atoms with Gasteiger partial charge in [-0.2, -0.15) is 4.31 Å². The zero-order valence-corrected chi connectivity index (χ0v) is 21.5. The summed E-state index contributed by atoms with van der Waals surface area (Å²) in [6.45, 7) is 7.86. The van der Waals surface area contributed by atoms with Crippen molar-refractivity contribution < 1.29 is 13.3 Å². The minimum Gasteiger partial charge on any atom is -0.345 e. The standard InChI is InChI=1S/C23H25ClN4O4S2/c1-15-10-16(2)20(17(3)11-15)12-18-14-33-23(25-18)26-6-8-27(9-7-26)34(31,32)19-4-5-21(24)22(13-19)28(29)30/h4-5,10-11,13-14H,6-9,12H2,1-3H3. The van der Waals surface area contributed by atoms with Gasteiger partial charge in [0.2, 0.25) is 10.0 Å². The van der Waals surface area contributed by atoms with Crippen molar-refractivity contribution in [3.05, 3.63) is 78.8 Å². The van der Waals surface area contributed by atoms with Crippen molar-refractivity contribution in [1.82, 2.24) is 9.29 Å². The Kier molecular flexibility index (Phi) is 6.95. The van der Waals surface area contributed by atoms with Crippen LogP contribution in [0.25, 0.3) is 0 Å². The van der Waals surface area contributed by atoms with E-state index in [0.717, 1.165) is 23.3 Å². The van der Waals surface area contributed by atoms with Crippen LogP contribution in [0, 0.1) is 30.9 Å². The second-order valence-electron chi connectivity index (χ2n) is 8.44. The summed E-state index contributed by atoms with van der Waals surface area (Å²) in [5.41, 5.74) is 5.63. The first-order valence-corrected chi connectivity index (χ1v) is 13.5. The zero-order chi connectivity index (χ0) is 24.6. The number of halogens is 1. The molecule has 3 aromatic rings. The average Bonchev–Trinajstić information content (AvgIpc) is 3.25. The van der Waals surface area contributed by atoms with Crippen LogP contribution in [-0.4, -0.2) is 48.8 Å². The third-order valence-electron chi connectivity index (χ3n) is 6.00. The van der Waals surface area contributed by atoms with Crippen molar-refractivity contribution in [2.24, 2.45) is 0 Å². The van der Waals surface area contributed by atoms with Gasteiger partial charge < -0.3 is 4.90 Å². The van der Waals surface area contributed by atoms with Crippen molar-refractivity contribution in [1.29, 1.82) is 0 Å². The lowest BCUT2D eigenvalue weighted by Gasteiger charge is -2.33. The van der Waals surface area contributed by atoms with E-state index in [-0.39, 0.29) is 23.0 Å². The van der Waals surface area contributed by atoms with Crippen molar-refractivity contribution >= 4 is 43.8 Å². The molecule has 0 saturated carbocycles. The third kappa shape index (κ3) is 4.95. The molecule has 0 aliphatic carbocycles. The number of nitro groups is 1. The van der Waals surface area contributed by atoms with Crippen LogP contribution in [0.1, 0.15) is 27.9 Å². The summed E-state index contributed by atoms with van der Waals surface area (Å²) >= 11 is 7.39. The number of thiazole rings is 1. The Hall–Kier alpha value is -2.53. The molecule has 1 aromatic heterocycles. The van der Waals surface area contributed by atoms with E-state index in [9.17, 15) is 18.5 Å². The third-order valence-corrected chi connectivity index (χ3v) is 9.16. The summed E-state index contributed by atoms with van der Waals surface area (Å²) in [6, 6.07) is 7.94. The number of nitro benzene ring substituents is 1. The molecule has 1 aliphatic rings. The van der Waals surface area contributed by atoms with Crippen LogP contribution in [0.15, 0.2) is 40.6 Å². The first kappa shape index (κ1) is 24.6. The van der Waals surface area contributed by atoms with E-state index in [1.54, 1.807) is 11.3 Å². The molecule has 1 fully saturated rings. The normalized spacial score (nSPS) is 15.0. The number of aryl methyl sites for hydroxylation is 3. The highest BCUT2D eigenvalue weighted by molar-refractivity contribution is 7.89. The van der Waals surface area contributed by atoms with Gasteiger partial charge in [-0.05, 0) is 49.6 Å². The van der Waals surface area contributed by atoms with Crippen molar-refractivity contribution in [2.75, 3.05) is 31.1 Å². The fourth-order valence-electron chi connectivity index (χ4n) is 4.25. The van der Waals surface area contributed by atoms with Crippen molar-refractivity contribution in [3.63, 3.8) is 0 Å². The van der Waals surface area contributed by atoms with Gasteiger partial charge in [0.05, 0.1) is 15.5 Å². The highest BCUT2D eigenvalue weighted by Crippen LogP contribution is 2.30. The molecule has 1 saturated heterocycles. The molecule has 180 valence electrons. The van der Waals surface area contributed by atoms with Gasteiger partial charge in [0, 0.05) is 44.0 Å². The SMILES string of the molecule is Cc1cc(C)c(Cc2csc(N3CCN(S(=O)(=O)c4ccc(Cl)c([N+](=O)[O-])c4)CC3)n2)c(C)c1. The second-order valence-corrected chi connectivity index (χ2v) is 11.6. The number of piperazine rings is 1. The lowest BCUT2D eigenvalue weighted by Crippen LogP contribution is -2.48. The maximum Gasteiger partial charge on any atom is 0.289 e. The monoisotopic (exact) mass is 520 g/mol. The second kappa shape index (κ2) is 9.61. The van der Waals surface area contributed by atoms with E-state index in [0.29, 0.717) is 13.1 Å². The number of hydrogen-bond acceptors (Lipinski definition) is 7. The number of nitrogens with zero attached hydrogens (tertiary/aromatic N) is 4. The van der Waals surface area contributed by atoms with E-state index in [4.69, 9.17) is 16.6 Å². The summed E-state index contributed by atoms with van der Waals surface area (Å²) in [7, 11) is -3.86. The topological polar surface area (TPSA) is 96.7 Å². The highest BCUT2D eigenvalue weighted by atomic mass is 35.5. The van der Waals surface area contributed by atoms with Crippen LogP contribution in [0.4, 0.5) is 10.8 Å². The Bertz CT molecular complexity index is 1330. The van der Waals surface area contributed by atoms with E-state index < -0.39 is 20.6 Å². The maximum atomic E-state index is 13.0. The molecule has 0 N–H and O–H groups in total. The quantitative estimate of drug-likeness (QED) is 0.344. The fraction of sp³-hybridized carbons (Fsp3) is 0.348. The average molecular weight is 521 g/mol. The first-order valence-electron chi connectivity index (χ1n) is 10.8. The number of sulfonamides is 1. The predicted octanol–water partition coefficient (Wildman–Crippen LogP) is 4.73. The van der Waals surface area contributed by atoms with Crippen LogP contribution >= 0.6 is 22.9 Å². The summed E-state index contributed by atoms with van der Waals surface area (Å²) in [5.74, 6) is 0. The van der Waals surface area contributed by atoms with Crippen LogP contribution in [0.3, 0.4) is 0 Å². The molecular weight excluding hydrogens is 496 g/mol. The van der Waals surface area contributed by atoms with Crippen molar-refractivity contribution in [3.8, 4) is 0 Å². The Balaban J connectivity index is 1.44. The summed E-state index contributed by atoms with van der Waals surface area (Å²) in [4.78, 5) is 17.2. The minimum atomic E-state index is -3.86. The molecule has 0 radical (unpaired) electrons. The van der Waals surface area contributed by atoms with E-state index in [1.807, 2.05) is 0 Å². The lowest BCUT2D eigenvalue weighted by atomic mass is 9.96. The Morgan fingerprint density at radius 2 is 1.74 bits per heavy atom. The van der Waals surface area contributed by atoms with Gasteiger partial charge in [-0.15, -0.1) is 11.3 Å². The summed E-state index contributed by atoms with van der Waals surface area (Å²) in [6.07, 6.45) is 0.762. The van der Waals surface area contributed by atoms with Crippen LogP contribution in [-0.2, 0) is 16.4 Å². The molecule has 11 heteroatoms. The van der Waals surface area contributed by atoms with E-state index in [2.05, 4.69) is 43.2 Å². The van der Waals surface area contributed by atoms with Gasteiger partial charge >= 0.3 is 0 Å². The molecule has 0 unspecified atom stereocenters. The minimum absolute atomic E-state index is 0.0932. The molecular formula is C23H25ClN4O4S2. The molecule has 1 aliphatic heterocycles. The lowest BCUT2D eigenvalue weighted by molar-refractivity contribution is -0.384. The predicted molar refractivity (Wildman–Crippen MR) is 135 cm³/mol. The summed E-state index contributed by atoms with van der Waals surface area (Å²) in [5, 5.41) is 14.0. The number of benzene rings is 2. The van der Waals surface area contributed by atoms with Gasteiger partial charge in [0.15, 0.2) is 5.13 Å². The Morgan fingerprint density at radius 3 is 2.35 bits per heavy atom. The molecule has 0 atom stereocenters. The van der Waals surface area contributed by atoms with Gasteiger partial charge in [0.25, 0.3) is 5.69 Å². The first-order chi connectivity index (χ1) is 16.1. The maximum absolute atomic E-state index is 13.0. The molecule has 34 heavy (non-hydrogen) atoms. The summed E-state index contributed by atoms with van der Waals surface area (Å²) < 4.78 is 27.4. The van der Waals surface area contributed by atoms with Gasteiger partial charge in [-0.3, -0.25) is 10.1 Å². The largest absolute Gasteiger partial charge is 0.345 e. The van der Waals surface area contributed by atoms with Crippen LogP contribution in [0.5, 0.6) is 0 Å². The Labute approximate surface area is 208 Å². The van der Waals surface area contributed by atoms with Crippen molar-refractivity contribution in [2.45, 2.75) is 32.1 Å². The molecule has 8 nitrogen and oxygen atoms in total. The number of hydrogen-bond donors (Lipinski definition) is 0. The van der Waals surface area contributed by atoms with Crippen LogP contribution in [0.2, 0.25) is 5.02 Å². The molecule has 0 spiro atoms. The van der Waals surface area contributed by atoms with Gasteiger partial charge in [-0.25, -0.2) is 13.4 Å². The number of rotatable bonds is 6. The van der Waals surface area contributed by atoms with Gasteiger partial charge in [-0.1, -0.05) is 29.3 Å². The van der Waals surface area contributed by atoms with E-state index >= 15 is 0 Å². The Morgan fingerprint density at radius 1 is 1.09 bits per heavy atom. The molecule has 4 rings (SSSR count). The molecule has 2 aromatic carbocycles. The fourth-order valence-corrected chi connectivity index (χ4v) is 6.76. The number of aromatic nitrogens is 1.